The van der Waals surface area contributed by atoms with Gasteiger partial charge in [-0.05, 0) is 62.4 Å². The molecule has 2 aromatic heterocycles. The fourth-order valence-electron chi connectivity index (χ4n) is 4.73. The number of ether oxygens (including phenoxy) is 1. The highest BCUT2D eigenvalue weighted by Gasteiger charge is 2.37. The average molecular weight is 516 g/mol. The Morgan fingerprint density at radius 2 is 2.17 bits per heavy atom. The van der Waals surface area contributed by atoms with Crippen LogP contribution in [0.15, 0.2) is 36.1 Å². The molecule has 1 unspecified atom stereocenters. The number of carboxylic acid groups (broad SMARTS) is 1. The number of thiazole rings is 1. The van der Waals surface area contributed by atoms with E-state index in [0.717, 1.165) is 18.0 Å². The van der Waals surface area contributed by atoms with Crippen molar-refractivity contribution >= 4 is 39.8 Å². The summed E-state index contributed by atoms with van der Waals surface area (Å²) in [5.41, 5.74) is 2.32. The van der Waals surface area contributed by atoms with Gasteiger partial charge in [0.15, 0.2) is 0 Å². The smallest absolute Gasteiger partial charge is 0.303 e. The number of piperidine rings is 1. The van der Waals surface area contributed by atoms with Crippen LogP contribution in [-0.4, -0.2) is 52.7 Å². The summed E-state index contributed by atoms with van der Waals surface area (Å²) in [6, 6.07) is 5.30. The molecule has 1 atom stereocenters. The number of rotatable bonds is 8. The van der Waals surface area contributed by atoms with Crippen molar-refractivity contribution < 1.29 is 19.0 Å². The normalized spacial score (nSPS) is 16.4. The molecular formula is C26H27ClFN3O3S. The molecule has 3 heterocycles. The molecule has 0 amide bonds. The van der Waals surface area contributed by atoms with E-state index in [0.29, 0.717) is 48.0 Å². The zero-order chi connectivity index (χ0) is 24.8. The molecular weight excluding hydrogens is 489 g/mol. The molecule has 184 valence electrons. The van der Waals surface area contributed by atoms with Crippen molar-refractivity contribution in [3.63, 3.8) is 0 Å². The Balaban J connectivity index is 1.44. The molecule has 1 aliphatic rings. The minimum Gasteiger partial charge on any atom is -0.497 e. The number of nitrogens with zero attached hydrogens (tertiary/aromatic N) is 3. The highest BCUT2D eigenvalue weighted by atomic mass is 35.5. The summed E-state index contributed by atoms with van der Waals surface area (Å²) in [7, 11) is 1.55. The molecule has 3 aromatic rings. The quantitative estimate of drug-likeness (QED) is 0.385. The van der Waals surface area contributed by atoms with Crippen LogP contribution in [0, 0.1) is 17.3 Å². The van der Waals surface area contributed by atoms with Gasteiger partial charge >= 0.3 is 5.97 Å². The van der Waals surface area contributed by atoms with E-state index < -0.39 is 17.6 Å². The second-order valence-corrected chi connectivity index (χ2v) is 10.2. The van der Waals surface area contributed by atoms with Crippen molar-refractivity contribution in [1.82, 2.24) is 14.9 Å². The number of hydrogen-bond acceptors (Lipinski definition) is 6. The summed E-state index contributed by atoms with van der Waals surface area (Å²) in [6.07, 6.45) is 3.93. The van der Waals surface area contributed by atoms with Crippen molar-refractivity contribution in [2.24, 2.45) is 5.41 Å². The minimum absolute atomic E-state index is 0.0265. The van der Waals surface area contributed by atoms with E-state index in [1.54, 1.807) is 37.0 Å². The molecule has 0 bridgehead atoms. The van der Waals surface area contributed by atoms with Crippen LogP contribution < -0.4 is 4.74 Å². The first-order chi connectivity index (χ1) is 16.9. The van der Waals surface area contributed by atoms with Crippen molar-refractivity contribution in [2.75, 3.05) is 26.7 Å². The van der Waals surface area contributed by atoms with Crippen LogP contribution in [0.3, 0.4) is 0 Å². The number of benzene rings is 1. The number of likely N-dealkylation sites (tertiary alicyclic amines) is 1. The van der Waals surface area contributed by atoms with Crippen LogP contribution in [0.2, 0.25) is 5.02 Å². The number of hydrogen-bond donors (Lipinski definition) is 1. The van der Waals surface area contributed by atoms with E-state index in [1.807, 2.05) is 0 Å². The van der Waals surface area contributed by atoms with Crippen molar-refractivity contribution in [3.8, 4) is 17.6 Å². The number of carboxylic acids is 1. The zero-order valence-electron chi connectivity index (χ0n) is 19.5. The lowest BCUT2D eigenvalue weighted by atomic mass is 9.71. The molecule has 0 radical (unpaired) electrons. The van der Waals surface area contributed by atoms with Gasteiger partial charge < -0.3 is 9.84 Å². The van der Waals surface area contributed by atoms with Gasteiger partial charge in [-0.15, -0.1) is 11.3 Å². The maximum Gasteiger partial charge on any atom is 0.303 e. The van der Waals surface area contributed by atoms with Crippen molar-refractivity contribution in [2.45, 2.75) is 38.3 Å². The van der Waals surface area contributed by atoms with Gasteiger partial charge in [-0.1, -0.05) is 23.4 Å². The van der Waals surface area contributed by atoms with Crippen LogP contribution >= 0.6 is 22.9 Å². The van der Waals surface area contributed by atoms with Gasteiger partial charge in [0.25, 0.3) is 0 Å². The van der Waals surface area contributed by atoms with Gasteiger partial charge in [0.2, 0.25) is 0 Å². The van der Waals surface area contributed by atoms with Crippen LogP contribution in [0.1, 0.15) is 48.7 Å². The summed E-state index contributed by atoms with van der Waals surface area (Å²) >= 11 is 7.88. The molecule has 6 nitrogen and oxygen atoms in total. The Kier molecular flexibility index (Phi) is 8.22. The lowest BCUT2D eigenvalue weighted by Gasteiger charge is -2.41. The minimum atomic E-state index is -1.34. The lowest BCUT2D eigenvalue weighted by molar-refractivity contribution is -0.141. The van der Waals surface area contributed by atoms with Crippen molar-refractivity contribution in [1.29, 1.82) is 0 Å². The Morgan fingerprint density at radius 3 is 2.86 bits per heavy atom. The summed E-state index contributed by atoms with van der Waals surface area (Å²) < 4.78 is 21.0. The second kappa shape index (κ2) is 11.3. The number of alkyl halides is 1. The zero-order valence-corrected chi connectivity index (χ0v) is 21.0. The number of fused-ring (bicyclic) bond motifs is 1. The fraction of sp³-hybridized carbons (Fsp3) is 0.423. The second-order valence-electron chi connectivity index (χ2n) is 8.92. The van der Waals surface area contributed by atoms with Gasteiger partial charge in [0.05, 0.1) is 47.2 Å². The lowest BCUT2D eigenvalue weighted by Crippen LogP contribution is -2.41. The Morgan fingerprint density at radius 1 is 1.37 bits per heavy atom. The monoisotopic (exact) mass is 515 g/mol. The van der Waals surface area contributed by atoms with E-state index in [1.165, 1.54) is 17.5 Å². The van der Waals surface area contributed by atoms with E-state index in [4.69, 9.17) is 16.3 Å². The van der Waals surface area contributed by atoms with Crippen LogP contribution in [0.5, 0.6) is 5.75 Å². The maximum absolute atomic E-state index is 15.7. The van der Waals surface area contributed by atoms with Crippen LogP contribution in [-0.2, 0) is 4.79 Å². The van der Waals surface area contributed by atoms with Gasteiger partial charge in [0.1, 0.15) is 11.9 Å². The Bertz CT molecular complexity index is 1230. The molecule has 0 saturated carbocycles. The number of aromatic nitrogens is 2. The van der Waals surface area contributed by atoms with E-state index in [-0.39, 0.29) is 17.9 Å². The summed E-state index contributed by atoms with van der Waals surface area (Å²) in [5.74, 6) is 6.02. The van der Waals surface area contributed by atoms with E-state index in [2.05, 4.69) is 26.7 Å². The molecule has 0 aliphatic carbocycles. The number of aliphatic carboxylic acids is 1. The average Bonchev–Trinajstić information content (AvgIpc) is 3.36. The summed E-state index contributed by atoms with van der Waals surface area (Å²) in [5, 5.41) is 10.5. The highest BCUT2D eigenvalue weighted by Crippen LogP contribution is 2.44. The first kappa shape index (κ1) is 25.4. The third-order valence-corrected chi connectivity index (χ3v) is 7.69. The molecule has 1 N–H and O–H groups in total. The standard InChI is InChI=1S/C26H27ClFN3O3S/c1-34-18-4-5-23-20(13-18)25(21(27)16-30-23)22(28)6-7-26(14-24(32)33)8-11-31(12-9-26)10-2-3-19-15-29-17-35-19/h4-5,13,15-17,22H,6-12,14H2,1H3,(H,32,33). The molecule has 1 fully saturated rings. The number of halogens is 2. The van der Waals surface area contributed by atoms with Gasteiger partial charge in [-0.3, -0.25) is 19.7 Å². The molecule has 1 aromatic carbocycles. The molecule has 35 heavy (non-hydrogen) atoms. The van der Waals surface area contributed by atoms with E-state index in [9.17, 15) is 9.90 Å². The van der Waals surface area contributed by atoms with Crippen LogP contribution in [0.4, 0.5) is 4.39 Å². The van der Waals surface area contributed by atoms with E-state index >= 15 is 4.39 Å². The van der Waals surface area contributed by atoms with Gasteiger partial charge in [0, 0.05) is 17.1 Å². The summed E-state index contributed by atoms with van der Waals surface area (Å²) in [4.78, 5) is 23.2. The first-order valence-corrected chi connectivity index (χ1v) is 12.7. The SMILES string of the molecule is COc1ccc2ncc(Cl)c(C(F)CCC3(CC(=O)O)CCN(CC#Cc4cncs4)CC3)c2c1. The van der Waals surface area contributed by atoms with Gasteiger partial charge in [-0.25, -0.2) is 4.39 Å². The highest BCUT2D eigenvalue weighted by molar-refractivity contribution is 7.10. The first-order valence-electron chi connectivity index (χ1n) is 11.5. The Hall–Kier alpha value is -2.73. The number of carbonyl (C=O) groups is 1. The molecule has 9 heteroatoms. The predicted molar refractivity (Wildman–Crippen MR) is 136 cm³/mol. The van der Waals surface area contributed by atoms with Gasteiger partial charge in [-0.2, -0.15) is 0 Å². The molecule has 4 rings (SSSR count). The maximum atomic E-state index is 15.7. The third kappa shape index (κ3) is 6.29. The number of methoxy groups -OCH3 is 1. The summed E-state index contributed by atoms with van der Waals surface area (Å²) in [6.45, 7) is 2.09. The van der Waals surface area contributed by atoms with Crippen LogP contribution in [0.25, 0.3) is 10.9 Å². The topological polar surface area (TPSA) is 75.6 Å². The third-order valence-electron chi connectivity index (χ3n) is 6.70. The molecule has 1 saturated heterocycles. The Labute approximate surface area is 213 Å². The number of pyridine rings is 1. The molecule has 1 aliphatic heterocycles. The van der Waals surface area contributed by atoms with Crippen molar-refractivity contribution in [3.05, 3.63) is 51.6 Å². The fourth-order valence-corrected chi connectivity index (χ4v) is 5.48. The molecule has 0 spiro atoms. The predicted octanol–water partition coefficient (Wildman–Crippen LogP) is 5.75. The largest absolute Gasteiger partial charge is 0.497 e.